The first-order valence-corrected chi connectivity index (χ1v) is 8.09. The standard InChI is InChI=1S/C16H19ClN4O2/c1-2-21-14(4-7-20-21)15-11(5-8-23-15)9-19-16(22)12-3-6-18-10-13(12)17/h3-4,6-7,10-11,15H,2,5,8-9H2,1H3,(H,19,22)/t11-,15+/m0/s1. The zero-order valence-electron chi connectivity index (χ0n) is 12.9. The van der Waals surface area contributed by atoms with E-state index < -0.39 is 0 Å². The maximum absolute atomic E-state index is 12.3. The van der Waals surface area contributed by atoms with Crippen molar-refractivity contribution in [2.45, 2.75) is 26.0 Å². The molecule has 1 aliphatic rings. The van der Waals surface area contributed by atoms with E-state index in [9.17, 15) is 4.79 Å². The molecule has 0 saturated carbocycles. The fourth-order valence-corrected chi connectivity index (χ4v) is 3.10. The SMILES string of the molecule is CCn1nccc1[C@@H]1OCC[C@H]1CNC(=O)c1ccncc1Cl. The number of carbonyl (C=O) groups is 1. The van der Waals surface area contributed by atoms with Crippen LogP contribution in [0.15, 0.2) is 30.7 Å². The Morgan fingerprint density at radius 2 is 2.35 bits per heavy atom. The summed E-state index contributed by atoms with van der Waals surface area (Å²) in [6.07, 6.45) is 5.68. The molecule has 1 saturated heterocycles. The molecule has 3 heterocycles. The van der Waals surface area contributed by atoms with E-state index in [1.807, 2.05) is 17.7 Å². The summed E-state index contributed by atoms with van der Waals surface area (Å²) in [6.45, 7) is 4.08. The molecular formula is C16H19ClN4O2. The first-order valence-electron chi connectivity index (χ1n) is 7.71. The van der Waals surface area contributed by atoms with Crippen molar-refractivity contribution in [3.8, 4) is 0 Å². The van der Waals surface area contributed by atoms with E-state index in [1.54, 1.807) is 18.5 Å². The molecule has 6 nitrogen and oxygen atoms in total. The fourth-order valence-electron chi connectivity index (χ4n) is 2.90. The van der Waals surface area contributed by atoms with Gasteiger partial charge in [0.25, 0.3) is 5.91 Å². The van der Waals surface area contributed by atoms with Crippen LogP contribution < -0.4 is 5.32 Å². The second-order valence-corrected chi connectivity index (χ2v) is 5.88. The average Bonchev–Trinajstić information content (AvgIpc) is 3.21. The molecule has 2 aromatic rings. The molecule has 0 aliphatic carbocycles. The lowest BCUT2D eigenvalue weighted by atomic mass is 9.98. The highest BCUT2D eigenvalue weighted by molar-refractivity contribution is 6.33. The summed E-state index contributed by atoms with van der Waals surface area (Å²) >= 11 is 6.00. The van der Waals surface area contributed by atoms with Crippen molar-refractivity contribution in [1.82, 2.24) is 20.1 Å². The van der Waals surface area contributed by atoms with E-state index in [0.29, 0.717) is 23.7 Å². The summed E-state index contributed by atoms with van der Waals surface area (Å²) in [5, 5.41) is 7.60. The smallest absolute Gasteiger partial charge is 0.252 e. The zero-order valence-corrected chi connectivity index (χ0v) is 13.7. The summed E-state index contributed by atoms with van der Waals surface area (Å²) < 4.78 is 7.80. The van der Waals surface area contributed by atoms with Gasteiger partial charge in [-0.1, -0.05) is 11.6 Å². The van der Waals surface area contributed by atoms with Gasteiger partial charge in [0.2, 0.25) is 0 Å². The minimum atomic E-state index is -0.188. The van der Waals surface area contributed by atoms with Gasteiger partial charge >= 0.3 is 0 Å². The van der Waals surface area contributed by atoms with Crippen molar-refractivity contribution in [3.63, 3.8) is 0 Å². The van der Waals surface area contributed by atoms with Crippen LogP contribution in [0.25, 0.3) is 0 Å². The van der Waals surface area contributed by atoms with Crippen LogP contribution in [0, 0.1) is 5.92 Å². The molecule has 1 N–H and O–H groups in total. The van der Waals surface area contributed by atoms with Crippen molar-refractivity contribution in [2.24, 2.45) is 5.92 Å². The molecule has 0 bridgehead atoms. The van der Waals surface area contributed by atoms with Crippen molar-refractivity contribution in [3.05, 3.63) is 47.0 Å². The third-order valence-corrected chi connectivity index (χ3v) is 4.40. The van der Waals surface area contributed by atoms with E-state index >= 15 is 0 Å². The lowest BCUT2D eigenvalue weighted by Crippen LogP contribution is -2.31. The van der Waals surface area contributed by atoms with Crippen molar-refractivity contribution >= 4 is 17.5 Å². The molecule has 122 valence electrons. The number of aromatic nitrogens is 3. The maximum Gasteiger partial charge on any atom is 0.252 e. The van der Waals surface area contributed by atoms with Gasteiger partial charge in [0.15, 0.2) is 0 Å². The molecule has 0 unspecified atom stereocenters. The number of aryl methyl sites for hydroxylation is 1. The number of pyridine rings is 1. The van der Waals surface area contributed by atoms with Gasteiger partial charge in [-0.25, -0.2) is 0 Å². The predicted octanol–water partition coefficient (Wildman–Crippen LogP) is 2.46. The van der Waals surface area contributed by atoms with Crippen LogP contribution in [0.2, 0.25) is 5.02 Å². The number of carbonyl (C=O) groups excluding carboxylic acids is 1. The summed E-state index contributed by atoms with van der Waals surface area (Å²) in [7, 11) is 0. The van der Waals surface area contributed by atoms with Crippen molar-refractivity contribution in [1.29, 1.82) is 0 Å². The fraction of sp³-hybridized carbons (Fsp3) is 0.438. The van der Waals surface area contributed by atoms with E-state index in [4.69, 9.17) is 16.3 Å². The number of amides is 1. The van der Waals surface area contributed by atoms with Gasteiger partial charge in [0.05, 0.1) is 16.3 Å². The Bertz CT molecular complexity index is 688. The molecule has 0 spiro atoms. The largest absolute Gasteiger partial charge is 0.372 e. The molecule has 1 fully saturated rings. The number of nitrogens with zero attached hydrogens (tertiary/aromatic N) is 3. The van der Waals surface area contributed by atoms with E-state index in [1.165, 1.54) is 6.20 Å². The Kier molecular flexibility index (Phi) is 4.93. The normalized spacial score (nSPS) is 20.6. The summed E-state index contributed by atoms with van der Waals surface area (Å²) in [5.41, 5.74) is 1.50. The van der Waals surface area contributed by atoms with Crippen LogP contribution in [0.4, 0.5) is 0 Å². The lowest BCUT2D eigenvalue weighted by Gasteiger charge is -2.20. The average molecular weight is 335 g/mol. The number of rotatable bonds is 5. The topological polar surface area (TPSA) is 69.0 Å². The van der Waals surface area contributed by atoms with Gasteiger partial charge in [0.1, 0.15) is 6.10 Å². The van der Waals surface area contributed by atoms with Gasteiger partial charge in [-0.3, -0.25) is 14.5 Å². The second kappa shape index (κ2) is 7.10. The highest BCUT2D eigenvalue weighted by Gasteiger charge is 2.32. The van der Waals surface area contributed by atoms with Crippen LogP contribution in [-0.4, -0.2) is 33.8 Å². The molecule has 2 aromatic heterocycles. The predicted molar refractivity (Wildman–Crippen MR) is 86.3 cm³/mol. The summed E-state index contributed by atoms with van der Waals surface area (Å²) in [6, 6.07) is 3.60. The Hall–Kier alpha value is -1.92. The second-order valence-electron chi connectivity index (χ2n) is 5.48. The quantitative estimate of drug-likeness (QED) is 0.912. The zero-order chi connectivity index (χ0) is 16.2. The van der Waals surface area contributed by atoms with Crippen LogP contribution in [0.3, 0.4) is 0 Å². The van der Waals surface area contributed by atoms with Gasteiger partial charge in [-0.15, -0.1) is 0 Å². The molecular weight excluding hydrogens is 316 g/mol. The Morgan fingerprint density at radius 1 is 1.48 bits per heavy atom. The number of hydrogen-bond acceptors (Lipinski definition) is 4. The Labute approximate surface area is 139 Å². The number of halogens is 1. The first-order chi connectivity index (χ1) is 11.2. The van der Waals surface area contributed by atoms with Gasteiger partial charge in [-0.2, -0.15) is 5.10 Å². The van der Waals surface area contributed by atoms with Crippen LogP contribution in [-0.2, 0) is 11.3 Å². The van der Waals surface area contributed by atoms with Crippen molar-refractivity contribution in [2.75, 3.05) is 13.2 Å². The maximum atomic E-state index is 12.3. The van der Waals surface area contributed by atoms with Gasteiger partial charge in [-0.05, 0) is 25.5 Å². The Morgan fingerprint density at radius 3 is 3.13 bits per heavy atom. The minimum Gasteiger partial charge on any atom is -0.372 e. The number of ether oxygens (including phenoxy) is 1. The van der Waals surface area contributed by atoms with Gasteiger partial charge < -0.3 is 10.1 Å². The molecule has 23 heavy (non-hydrogen) atoms. The highest BCUT2D eigenvalue weighted by atomic mass is 35.5. The molecule has 3 rings (SSSR count). The van der Waals surface area contributed by atoms with E-state index in [-0.39, 0.29) is 17.9 Å². The number of hydrogen-bond donors (Lipinski definition) is 1. The molecule has 1 amide bonds. The molecule has 0 aromatic carbocycles. The first kappa shape index (κ1) is 16.0. The van der Waals surface area contributed by atoms with Crippen LogP contribution in [0.1, 0.15) is 35.5 Å². The molecule has 7 heteroatoms. The highest BCUT2D eigenvalue weighted by Crippen LogP contribution is 2.34. The van der Waals surface area contributed by atoms with E-state index in [2.05, 4.69) is 15.4 Å². The molecule has 2 atom stereocenters. The Balaban J connectivity index is 1.66. The third-order valence-electron chi connectivity index (χ3n) is 4.10. The third kappa shape index (κ3) is 3.38. The minimum absolute atomic E-state index is 0.0364. The monoisotopic (exact) mass is 334 g/mol. The molecule has 1 aliphatic heterocycles. The van der Waals surface area contributed by atoms with Crippen LogP contribution >= 0.6 is 11.6 Å². The van der Waals surface area contributed by atoms with Crippen LogP contribution in [0.5, 0.6) is 0 Å². The lowest BCUT2D eigenvalue weighted by molar-refractivity contribution is 0.0795. The van der Waals surface area contributed by atoms with Crippen molar-refractivity contribution < 1.29 is 9.53 Å². The van der Waals surface area contributed by atoms with E-state index in [0.717, 1.165) is 18.7 Å². The summed E-state index contributed by atoms with van der Waals surface area (Å²) in [5.74, 6) is 0.0358. The molecule has 0 radical (unpaired) electrons. The van der Waals surface area contributed by atoms with Gasteiger partial charge in [0, 0.05) is 44.2 Å². The number of nitrogens with one attached hydrogen (secondary N) is 1. The summed E-state index contributed by atoms with van der Waals surface area (Å²) in [4.78, 5) is 16.1.